The second kappa shape index (κ2) is 2.50. The molecule has 11 heavy (non-hydrogen) atoms. The van der Waals surface area contributed by atoms with Gasteiger partial charge in [0.25, 0.3) is 0 Å². The van der Waals surface area contributed by atoms with Crippen molar-refractivity contribution in [2.24, 2.45) is 11.3 Å². The van der Waals surface area contributed by atoms with Crippen molar-refractivity contribution in [3.8, 4) is 0 Å². The van der Waals surface area contributed by atoms with Gasteiger partial charge in [-0.1, -0.05) is 20.8 Å². The van der Waals surface area contributed by atoms with Crippen LogP contribution >= 0.6 is 0 Å². The molecule has 0 aromatic heterocycles. The summed E-state index contributed by atoms with van der Waals surface area (Å²) < 4.78 is 4.86. The first kappa shape index (κ1) is 8.57. The molecule has 1 heterocycles. The number of rotatable bonds is 1. The number of carbonyl (C=O) groups excluding carboxylic acids is 1. The van der Waals surface area contributed by atoms with Gasteiger partial charge in [0.1, 0.15) is 6.10 Å². The van der Waals surface area contributed by atoms with E-state index >= 15 is 0 Å². The number of hydrogen-bond donors (Lipinski definition) is 0. The minimum absolute atomic E-state index is 0.0209. The van der Waals surface area contributed by atoms with E-state index < -0.39 is 0 Å². The van der Waals surface area contributed by atoms with E-state index in [2.05, 4.69) is 20.8 Å². The quantitative estimate of drug-likeness (QED) is 0.543. The molecule has 1 aliphatic rings. The largest absolute Gasteiger partial charge is 0.461 e. The van der Waals surface area contributed by atoms with Crippen LogP contribution in [0.15, 0.2) is 0 Å². The lowest BCUT2D eigenvalue weighted by molar-refractivity contribution is -0.184. The molecule has 1 fully saturated rings. The Balaban J connectivity index is 2.43. The highest BCUT2D eigenvalue weighted by Crippen LogP contribution is 2.33. The predicted molar refractivity (Wildman–Crippen MR) is 43.1 cm³/mol. The molecule has 1 rings (SSSR count). The molecule has 0 bridgehead atoms. The number of ether oxygens (including phenoxy) is 1. The van der Waals surface area contributed by atoms with Gasteiger partial charge in [-0.2, -0.15) is 0 Å². The van der Waals surface area contributed by atoms with Gasteiger partial charge in [-0.25, -0.2) is 0 Å². The summed E-state index contributed by atoms with van der Waals surface area (Å²) in [6.45, 7) is 8.39. The zero-order valence-electron chi connectivity index (χ0n) is 7.68. The zero-order chi connectivity index (χ0) is 8.65. The lowest BCUT2D eigenvalue weighted by Gasteiger charge is -2.36. The van der Waals surface area contributed by atoms with Gasteiger partial charge in [0.05, 0.1) is 5.92 Å². The van der Waals surface area contributed by atoms with Gasteiger partial charge >= 0.3 is 5.97 Å². The van der Waals surface area contributed by atoms with Gasteiger partial charge in [0.15, 0.2) is 0 Å². The molecule has 2 atom stereocenters. The van der Waals surface area contributed by atoms with Crippen LogP contribution in [-0.4, -0.2) is 12.1 Å². The maximum absolute atomic E-state index is 10.9. The number of carbonyl (C=O) groups is 1. The van der Waals surface area contributed by atoms with E-state index in [1.807, 2.05) is 6.92 Å². The third kappa shape index (κ3) is 1.95. The minimum Gasteiger partial charge on any atom is -0.461 e. The van der Waals surface area contributed by atoms with E-state index in [1.165, 1.54) is 0 Å². The third-order valence-electron chi connectivity index (χ3n) is 2.00. The highest BCUT2D eigenvalue weighted by molar-refractivity contribution is 5.78. The molecular formula is C9H16O2. The number of hydrogen-bond acceptors (Lipinski definition) is 2. The van der Waals surface area contributed by atoms with Gasteiger partial charge in [-0.3, -0.25) is 4.79 Å². The van der Waals surface area contributed by atoms with Crippen LogP contribution in [0.25, 0.3) is 0 Å². The number of esters is 1. The Morgan fingerprint density at radius 3 is 2.18 bits per heavy atom. The molecule has 0 aromatic carbocycles. The maximum Gasteiger partial charge on any atom is 0.313 e. The molecular weight excluding hydrogens is 140 g/mol. The molecule has 1 saturated heterocycles. The standard InChI is InChI=1S/C9H16O2/c1-6-7(8(10)11-6)5-9(2,3)4/h6-7H,5H2,1-4H3. The normalized spacial score (nSPS) is 31.1. The second-order valence-electron chi connectivity index (χ2n) is 4.51. The van der Waals surface area contributed by atoms with Crippen LogP contribution in [0.2, 0.25) is 0 Å². The van der Waals surface area contributed by atoms with Crippen molar-refractivity contribution in [2.45, 2.75) is 40.2 Å². The van der Waals surface area contributed by atoms with Crippen molar-refractivity contribution in [1.29, 1.82) is 0 Å². The fourth-order valence-corrected chi connectivity index (χ4v) is 1.38. The average Bonchev–Trinajstić information content (AvgIpc) is 1.83. The van der Waals surface area contributed by atoms with Gasteiger partial charge in [-0.15, -0.1) is 0 Å². The summed E-state index contributed by atoms with van der Waals surface area (Å²) in [5.41, 5.74) is 0.234. The Morgan fingerprint density at radius 2 is 2.00 bits per heavy atom. The van der Waals surface area contributed by atoms with Gasteiger partial charge in [0, 0.05) is 0 Å². The Kier molecular flexibility index (Phi) is 1.95. The Bertz CT molecular complexity index is 167. The average molecular weight is 156 g/mol. The predicted octanol–water partition coefficient (Wildman–Crippen LogP) is 1.98. The lowest BCUT2D eigenvalue weighted by atomic mass is 9.80. The van der Waals surface area contributed by atoms with E-state index in [-0.39, 0.29) is 23.4 Å². The van der Waals surface area contributed by atoms with Crippen LogP contribution < -0.4 is 0 Å². The Labute approximate surface area is 67.9 Å². The molecule has 64 valence electrons. The van der Waals surface area contributed by atoms with Crippen molar-refractivity contribution in [1.82, 2.24) is 0 Å². The summed E-state index contributed by atoms with van der Waals surface area (Å²) in [5.74, 6) is 0.127. The second-order valence-corrected chi connectivity index (χ2v) is 4.51. The highest BCUT2D eigenvalue weighted by atomic mass is 16.6. The first-order chi connectivity index (χ1) is 4.90. The summed E-state index contributed by atoms with van der Waals surface area (Å²) >= 11 is 0. The van der Waals surface area contributed by atoms with Gasteiger partial charge in [-0.05, 0) is 18.8 Å². The molecule has 1 aliphatic heterocycles. The van der Waals surface area contributed by atoms with Gasteiger partial charge < -0.3 is 4.74 Å². The summed E-state index contributed by atoms with van der Waals surface area (Å²) in [5, 5.41) is 0. The molecule has 0 aromatic rings. The van der Waals surface area contributed by atoms with Crippen molar-refractivity contribution in [3.05, 3.63) is 0 Å². The van der Waals surface area contributed by atoms with E-state index in [1.54, 1.807) is 0 Å². The SMILES string of the molecule is CC1OC(=O)C1CC(C)(C)C. The fourth-order valence-electron chi connectivity index (χ4n) is 1.38. The van der Waals surface area contributed by atoms with Crippen molar-refractivity contribution in [2.75, 3.05) is 0 Å². The van der Waals surface area contributed by atoms with Crippen LogP contribution in [0.1, 0.15) is 34.1 Å². The van der Waals surface area contributed by atoms with Crippen LogP contribution in [0.4, 0.5) is 0 Å². The first-order valence-electron chi connectivity index (χ1n) is 4.11. The molecule has 0 spiro atoms. The third-order valence-corrected chi connectivity index (χ3v) is 2.00. The van der Waals surface area contributed by atoms with Crippen LogP contribution in [0, 0.1) is 11.3 Å². The van der Waals surface area contributed by atoms with Crippen molar-refractivity contribution >= 4 is 5.97 Å². The zero-order valence-corrected chi connectivity index (χ0v) is 7.68. The summed E-state index contributed by atoms with van der Waals surface area (Å²) in [7, 11) is 0. The number of cyclic esters (lactones) is 1. The van der Waals surface area contributed by atoms with Crippen LogP contribution in [0.3, 0.4) is 0 Å². The molecule has 2 nitrogen and oxygen atoms in total. The van der Waals surface area contributed by atoms with E-state index in [9.17, 15) is 4.79 Å². The maximum atomic E-state index is 10.9. The molecule has 0 saturated carbocycles. The van der Waals surface area contributed by atoms with E-state index in [0.717, 1.165) is 6.42 Å². The Hall–Kier alpha value is -0.530. The fraction of sp³-hybridized carbons (Fsp3) is 0.889. The van der Waals surface area contributed by atoms with Crippen molar-refractivity contribution < 1.29 is 9.53 Å². The van der Waals surface area contributed by atoms with Crippen LogP contribution in [0.5, 0.6) is 0 Å². The summed E-state index contributed by atoms with van der Waals surface area (Å²) in [6, 6.07) is 0. The smallest absolute Gasteiger partial charge is 0.313 e. The first-order valence-corrected chi connectivity index (χ1v) is 4.11. The van der Waals surface area contributed by atoms with E-state index in [4.69, 9.17) is 4.74 Å². The van der Waals surface area contributed by atoms with Crippen molar-refractivity contribution in [3.63, 3.8) is 0 Å². The summed E-state index contributed by atoms with van der Waals surface area (Å²) in [6.07, 6.45) is 1.08. The lowest BCUT2D eigenvalue weighted by Crippen LogP contribution is -2.44. The molecule has 0 radical (unpaired) electrons. The Morgan fingerprint density at radius 1 is 1.45 bits per heavy atom. The summed E-state index contributed by atoms with van der Waals surface area (Å²) in [4.78, 5) is 10.9. The van der Waals surface area contributed by atoms with Crippen LogP contribution in [-0.2, 0) is 9.53 Å². The monoisotopic (exact) mass is 156 g/mol. The molecule has 0 amide bonds. The highest BCUT2D eigenvalue weighted by Gasteiger charge is 2.40. The van der Waals surface area contributed by atoms with Gasteiger partial charge in [0.2, 0.25) is 0 Å². The molecule has 0 N–H and O–H groups in total. The van der Waals surface area contributed by atoms with E-state index in [0.29, 0.717) is 0 Å². The molecule has 2 unspecified atom stereocenters. The molecule has 2 heteroatoms. The topological polar surface area (TPSA) is 26.3 Å². The molecule has 0 aliphatic carbocycles. The minimum atomic E-state index is -0.0209.